The van der Waals surface area contributed by atoms with Crippen molar-refractivity contribution < 1.29 is 14.6 Å². The minimum atomic E-state index is -0.794. The number of pyridine rings is 1. The van der Waals surface area contributed by atoms with Crippen molar-refractivity contribution in [1.29, 1.82) is 0 Å². The van der Waals surface area contributed by atoms with E-state index < -0.39 is 5.60 Å². The van der Waals surface area contributed by atoms with E-state index in [4.69, 9.17) is 26.0 Å². The Labute approximate surface area is 188 Å². The summed E-state index contributed by atoms with van der Waals surface area (Å²) >= 11 is 0. The minimum Gasteiger partial charge on any atom is -0.481 e. The number of hydrazine groups is 1. The molecule has 3 heterocycles. The van der Waals surface area contributed by atoms with Gasteiger partial charge in [0.25, 0.3) is 0 Å². The Kier molecular flexibility index (Phi) is 6.20. The molecule has 1 saturated heterocycles. The van der Waals surface area contributed by atoms with Gasteiger partial charge in [-0.1, -0.05) is 12.2 Å². The first kappa shape index (κ1) is 22.6. The molecule has 0 spiro atoms. The van der Waals surface area contributed by atoms with Crippen LogP contribution in [-0.2, 0) is 16.0 Å². The van der Waals surface area contributed by atoms with E-state index >= 15 is 0 Å². The molecule has 1 atom stereocenters. The summed E-state index contributed by atoms with van der Waals surface area (Å²) < 4.78 is 13.2. The number of hydrogen-bond donors (Lipinski definition) is 3. The molecule has 1 aliphatic heterocycles. The molecule has 0 amide bonds. The third kappa shape index (κ3) is 4.22. The molecule has 2 aliphatic rings. The highest BCUT2D eigenvalue weighted by Crippen LogP contribution is 2.26. The first-order valence-electron chi connectivity index (χ1n) is 11.2. The standard InChI is InChI=1S/C24H35N5O3/c1-24(2,30)17-5-6-18-19(12-17)29(14-15-7-9-32-10-8-15)20-11-16(13-27-21(18)20)22(28(3)26)23(25)31-4/h6,11-13,15,17,30H,5,7-10,14,25-26H2,1-4H3/b23-22+. The monoisotopic (exact) mass is 441 g/mol. The van der Waals surface area contributed by atoms with Gasteiger partial charge < -0.3 is 29.9 Å². The number of rotatable bonds is 6. The lowest BCUT2D eigenvalue weighted by molar-refractivity contribution is 0.0448. The van der Waals surface area contributed by atoms with Crippen molar-refractivity contribution in [2.75, 3.05) is 27.4 Å². The Balaban J connectivity index is 1.93. The number of ether oxygens (including phenoxy) is 2. The predicted octanol–water partition coefficient (Wildman–Crippen LogP) is 0.851. The summed E-state index contributed by atoms with van der Waals surface area (Å²) in [6.07, 6.45) is 9.07. The third-order valence-corrected chi connectivity index (χ3v) is 6.68. The lowest BCUT2D eigenvalue weighted by atomic mass is 9.85. The number of methoxy groups -OCH3 is 1. The van der Waals surface area contributed by atoms with Crippen LogP contribution in [0.1, 0.15) is 38.7 Å². The van der Waals surface area contributed by atoms with Gasteiger partial charge in [-0.25, -0.2) is 5.84 Å². The Bertz CT molecular complexity index is 1140. The maximum atomic E-state index is 10.7. The van der Waals surface area contributed by atoms with E-state index in [9.17, 15) is 5.11 Å². The summed E-state index contributed by atoms with van der Waals surface area (Å²) in [6, 6.07) is 2.09. The highest BCUT2D eigenvalue weighted by atomic mass is 16.5. The summed E-state index contributed by atoms with van der Waals surface area (Å²) in [6.45, 7) is 6.22. The van der Waals surface area contributed by atoms with Crippen LogP contribution in [0, 0.1) is 11.8 Å². The summed E-state index contributed by atoms with van der Waals surface area (Å²) in [5.74, 6) is 6.88. The zero-order valence-corrected chi connectivity index (χ0v) is 19.5. The molecule has 1 unspecified atom stereocenters. The molecule has 2 aromatic heterocycles. The number of fused-ring (bicyclic) bond motifs is 3. The van der Waals surface area contributed by atoms with Crippen molar-refractivity contribution in [3.8, 4) is 0 Å². The van der Waals surface area contributed by atoms with Crippen LogP contribution in [-0.4, -0.2) is 52.6 Å². The molecule has 4 rings (SSSR count). The van der Waals surface area contributed by atoms with Crippen LogP contribution in [0.3, 0.4) is 0 Å². The predicted molar refractivity (Wildman–Crippen MR) is 126 cm³/mol. The fourth-order valence-electron chi connectivity index (χ4n) is 4.77. The number of nitrogens with zero attached hydrogens (tertiary/aromatic N) is 3. The molecular weight excluding hydrogens is 406 g/mol. The van der Waals surface area contributed by atoms with Crippen LogP contribution in [0.5, 0.6) is 0 Å². The Morgan fingerprint density at radius 1 is 1.38 bits per heavy atom. The van der Waals surface area contributed by atoms with Gasteiger partial charge in [0.1, 0.15) is 5.70 Å². The molecule has 1 fully saturated rings. The molecule has 5 N–H and O–H groups in total. The largest absolute Gasteiger partial charge is 0.481 e. The molecule has 8 nitrogen and oxygen atoms in total. The first-order valence-corrected chi connectivity index (χ1v) is 11.2. The van der Waals surface area contributed by atoms with Crippen molar-refractivity contribution in [3.05, 3.63) is 34.3 Å². The lowest BCUT2D eigenvalue weighted by Crippen LogP contribution is -2.40. The van der Waals surface area contributed by atoms with Gasteiger partial charge in [-0.3, -0.25) is 4.98 Å². The van der Waals surface area contributed by atoms with Crippen LogP contribution in [0.15, 0.2) is 18.1 Å². The third-order valence-electron chi connectivity index (χ3n) is 6.68. The van der Waals surface area contributed by atoms with E-state index in [-0.39, 0.29) is 11.8 Å². The highest BCUT2D eigenvalue weighted by molar-refractivity contribution is 5.82. The van der Waals surface area contributed by atoms with Gasteiger partial charge >= 0.3 is 0 Å². The maximum Gasteiger partial charge on any atom is 0.210 e. The van der Waals surface area contributed by atoms with Crippen molar-refractivity contribution >= 4 is 28.9 Å². The summed E-state index contributed by atoms with van der Waals surface area (Å²) in [4.78, 5) is 4.83. The fourth-order valence-corrected chi connectivity index (χ4v) is 4.77. The summed E-state index contributed by atoms with van der Waals surface area (Å²) in [7, 11) is 3.25. The molecule has 174 valence electrons. The van der Waals surface area contributed by atoms with Crippen LogP contribution >= 0.6 is 0 Å². The first-order chi connectivity index (χ1) is 15.2. The Morgan fingerprint density at radius 3 is 2.72 bits per heavy atom. The Morgan fingerprint density at radius 2 is 2.09 bits per heavy atom. The molecule has 0 bridgehead atoms. The molecule has 2 aromatic rings. The van der Waals surface area contributed by atoms with Crippen molar-refractivity contribution in [1.82, 2.24) is 14.6 Å². The second kappa shape index (κ2) is 8.77. The van der Waals surface area contributed by atoms with E-state index in [0.29, 0.717) is 11.6 Å². The van der Waals surface area contributed by atoms with Crippen LogP contribution in [0.25, 0.3) is 28.9 Å². The Hall–Kier alpha value is -2.55. The number of aromatic nitrogens is 2. The average Bonchev–Trinajstić information content (AvgIpc) is 3.06. The zero-order valence-electron chi connectivity index (χ0n) is 19.5. The van der Waals surface area contributed by atoms with Crippen molar-refractivity contribution in [2.24, 2.45) is 23.4 Å². The van der Waals surface area contributed by atoms with Crippen LogP contribution < -0.4 is 22.1 Å². The van der Waals surface area contributed by atoms with Gasteiger partial charge in [0.05, 0.1) is 23.7 Å². The minimum absolute atomic E-state index is 0.0435. The van der Waals surface area contributed by atoms with E-state index in [1.165, 1.54) is 12.1 Å². The number of hydrogen-bond acceptors (Lipinski definition) is 7. The molecule has 0 radical (unpaired) electrons. The van der Waals surface area contributed by atoms with E-state index in [1.54, 1.807) is 13.2 Å². The SMILES string of the molecule is CO/C(N)=C(\c1cnc2c3c(n(CC4CCOCC4)c2c1)=CC(C(C)(C)O)CC=3)N(C)N. The highest BCUT2D eigenvalue weighted by Gasteiger charge is 2.27. The van der Waals surface area contributed by atoms with E-state index in [1.807, 2.05) is 13.8 Å². The summed E-state index contributed by atoms with van der Waals surface area (Å²) in [5, 5.41) is 14.4. The fraction of sp³-hybridized carbons (Fsp3) is 0.542. The second-order valence-corrected chi connectivity index (χ2v) is 9.45. The average molecular weight is 442 g/mol. The smallest absolute Gasteiger partial charge is 0.210 e. The molecule has 8 heteroatoms. The van der Waals surface area contributed by atoms with Crippen LogP contribution in [0.2, 0.25) is 0 Å². The lowest BCUT2D eigenvalue weighted by Gasteiger charge is -2.27. The van der Waals surface area contributed by atoms with Gasteiger partial charge in [0, 0.05) is 55.1 Å². The van der Waals surface area contributed by atoms with Gasteiger partial charge in [-0.05, 0) is 45.1 Å². The van der Waals surface area contributed by atoms with E-state index in [0.717, 1.165) is 66.2 Å². The van der Waals surface area contributed by atoms with E-state index in [2.05, 4.69) is 22.8 Å². The van der Waals surface area contributed by atoms with Crippen molar-refractivity contribution in [2.45, 2.75) is 45.3 Å². The number of aliphatic hydroxyl groups is 1. The molecule has 0 aromatic carbocycles. The quantitative estimate of drug-likeness (QED) is 0.346. The molecule has 1 aliphatic carbocycles. The zero-order chi connectivity index (χ0) is 23.0. The second-order valence-electron chi connectivity index (χ2n) is 9.45. The topological polar surface area (TPSA) is 112 Å². The molecular formula is C24H35N5O3. The maximum absolute atomic E-state index is 10.7. The van der Waals surface area contributed by atoms with Gasteiger partial charge in [0.2, 0.25) is 5.88 Å². The van der Waals surface area contributed by atoms with Gasteiger partial charge in [-0.2, -0.15) is 0 Å². The van der Waals surface area contributed by atoms with Crippen LogP contribution in [0.4, 0.5) is 0 Å². The van der Waals surface area contributed by atoms with Crippen molar-refractivity contribution in [3.63, 3.8) is 0 Å². The normalized spacial score (nSPS) is 20.2. The van der Waals surface area contributed by atoms with Gasteiger partial charge in [-0.15, -0.1) is 0 Å². The summed E-state index contributed by atoms with van der Waals surface area (Å²) in [5.41, 5.74) is 8.67. The molecule has 32 heavy (non-hydrogen) atoms. The molecule has 0 saturated carbocycles. The number of nitrogens with two attached hydrogens (primary N) is 2. The van der Waals surface area contributed by atoms with Gasteiger partial charge in [0.15, 0.2) is 0 Å².